The molecule has 0 radical (unpaired) electrons. The smallest absolute Gasteiger partial charge is 0.375 e. The van der Waals surface area contributed by atoms with Gasteiger partial charge in [-0.15, -0.1) is 4.68 Å². The fraction of sp³-hybridized carbons (Fsp3) is 0.250. The molecule has 0 aliphatic carbocycles. The number of halogens is 1. The maximum absolute atomic E-state index is 11.9. The molecule has 0 atom stereocenters. The lowest BCUT2D eigenvalue weighted by Gasteiger charge is -2.00. The fourth-order valence-corrected chi connectivity index (χ4v) is 2.01. The number of aromatic nitrogens is 2. The summed E-state index contributed by atoms with van der Waals surface area (Å²) in [5, 5.41) is 3.55. The molecule has 1 aromatic heterocycles. The lowest BCUT2D eigenvalue weighted by molar-refractivity contribution is -0.741. The monoisotopic (exact) mass is 311 g/mol. The third-order valence-electron chi connectivity index (χ3n) is 2.39. The van der Waals surface area contributed by atoms with Gasteiger partial charge in [0, 0.05) is 4.47 Å². The summed E-state index contributed by atoms with van der Waals surface area (Å²) in [7, 11) is 0. The predicted molar refractivity (Wildman–Crippen MR) is 69.1 cm³/mol. The molecule has 0 saturated heterocycles. The van der Waals surface area contributed by atoms with Crippen LogP contribution >= 0.6 is 15.9 Å². The van der Waals surface area contributed by atoms with E-state index in [0.717, 1.165) is 4.47 Å². The molecule has 18 heavy (non-hydrogen) atoms. The molecule has 0 spiro atoms. The number of carbonyl (C=O) groups excluding carboxylic acids is 1. The van der Waals surface area contributed by atoms with Crippen LogP contribution in [0.1, 0.15) is 6.92 Å². The van der Waals surface area contributed by atoms with Crippen molar-refractivity contribution >= 4 is 32.8 Å². The van der Waals surface area contributed by atoms with E-state index in [0.29, 0.717) is 17.5 Å². The molecule has 94 valence electrons. The molecule has 1 N–H and O–H groups in total. The third-order valence-corrected chi connectivity index (χ3v) is 2.88. The van der Waals surface area contributed by atoms with Crippen molar-refractivity contribution in [2.45, 2.75) is 13.5 Å². The zero-order valence-electron chi connectivity index (χ0n) is 9.77. The van der Waals surface area contributed by atoms with Gasteiger partial charge in [-0.05, 0) is 25.1 Å². The van der Waals surface area contributed by atoms with E-state index in [4.69, 9.17) is 4.74 Å². The van der Waals surface area contributed by atoms with E-state index in [1.54, 1.807) is 19.1 Å². The maximum Gasteiger partial charge on any atom is 0.375 e. The average molecular weight is 312 g/mol. The van der Waals surface area contributed by atoms with E-state index in [1.807, 2.05) is 6.07 Å². The quantitative estimate of drug-likeness (QED) is 0.683. The standard InChI is InChI=1S/C12H11BrN2O3/c1-2-18-12(17)7-15-6-11(16)9-5-8(13)3-4-10(9)14-15/h3-6H,2,7H2,1H3/p+1. The molecule has 0 aliphatic rings. The first-order chi connectivity index (χ1) is 8.60. The summed E-state index contributed by atoms with van der Waals surface area (Å²) in [6, 6.07) is 5.35. The number of hydrogen-bond donors (Lipinski definition) is 1. The highest BCUT2D eigenvalue weighted by Gasteiger charge is 2.13. The Morgan fingerprint density at radius 3 is 3.00 bits per heavy atom. The van der Waals surface area contributed by atoms with E-state index in [-0.39, 0.29) is 17.9 Å². The Hall–Kier alpha value is -1.69. The van der Waals surface area contributed by atoms with Crippen LogP contribution in [0, 0.1) is 0 Å². The van der Waals surface area contributed by atoms with E-state index in [1.165, 1.54) is 10.9 Å². The summed E-state index contributed by atoms with van der Waals surface area (Å²) >= 11 is 3.31. The van der Waals surface area contributed by atoms with Crippen molar-refractivity contribution in [3.63, 3.8) is 0 Å². The van der Waals surface area contributed by atoms with Crippen molar-refractivity contribution in [1.29, 1.82) is 0 Å². The summed E-state index contributed by atoms with van der Waals surface area (Å²) in [5.74, 6) is -0.380. The van der Waals surface area contributed by atoms with Crippen LogP contribution in [0.5, 0.6) is 0 Å². The molecule has 5 nitrogen and oxygen atoms in total. The lowest BCUT2D eigenvalue weighted by atomic mass is 10.2. The number of carbonyl (C=O) groups is 1. The molecule has 2 aromatic rings. The van der Waals surface area contributed by atoms with Gasteiger partial charge in [0.15, 0.2) is 0 Å². The summed E-state index contributed by atoms with van der Waals surface area (Å²) < 4.78 is 7.09. The number of benzene rings is 1. The highest BCUT2D eigenvalue weighted by atomic mass is 79.9. The van der Waals surface area contributed by atoms with Crippen molar-refractivity contribution in [1.82, 2.24) is 5.10 Å². The number of fused-ring (bicyclic) bond motifs is 1. The minimum Gasteiger partial charge on any atom is -0.461 e. The van der Waals surface area contributed by atoms with Crippen LogP contribution in [0.15, 0.2) is 33.7 Å². The summed E-state index contributed by atoms with van der Waals surface area (Å²) in [4.78, 5) is 23.2. The Balaban J connectivity index is 2.40. The first-order valence-corrected chi connectivity index (χ1v) is 6.27. The number of aromatic amines is 1. The normalized spacial score (nSPS) is 10.6. The number of rotatable bonds is 3. The van der Waals surface area contributed by atoms with Crippen molar-refractivity contribution in [3.05, 3.63) is 39.1 Å². The molecular formula is C12H12BrN2O3+. The average Bonchev–Trinajstić information content (AvgIpc) is 2.30. The number of ether oxygens (including phenoxy) is 1. The highest BCUT2D eigenvalue weighted by molar-refractivity contribution is 9.10. The van der Waals surface area contributed by atoms with Gasteiger partial charge >= 0.3 is 5.97 Å². The highest BCUT2D eigenvalue weighted by Crippen LogP contribution is 2.13. The largest absolute Gasteiger partial charge is 0.461 e. The van der Waals surface area contributed by atoms with E-state index in [9.17, 15) is 9.59 Å². The maximum atomic E-state index is 11.9. The van der Waals surface area contributed by atoms with Gasteiger partial charge in [-0.25, -0.2) is 4.79 Å². The lowest BCUT2D eigenvalue weighted by Crippen LogP contribution is -2.44. The molecule has 0 amide bonds. The van der Waals surface area contributed by atoms with Gasteiger partial charge < -0.3 is 4.74 Å². The molecule has 0 fully saturated rings. The second-order valence-corrected chi connectivity index (χ2v) is 4.64. The van der Waals surface area contributed by atoms with Gasteiger partial charge in [-0.3, -0.25) is 4.79 Å². The third kappa shape index (κ3) is 2.76. The number of nitrogens with one attached hydrogen (secondary N) is 1. The van der Waals surface area contributed by atoms with Crippen LogP contribution in [-0.4, -0.2) is 17.7 Å². The van der Waals surface area contributed by atoms with Crippen LogP contribution in [-0.2, 0) is 16.1 Å². The molecule has 0 unspecified atom stereocenters. The van der Waals surface area contributed by atoms with Gasteiger partial charge in [0.1, 0.15) is 5.52 Å². The van der Waals surface area contributed by atoms with E-state index >= 15 is 0 Å². The summed E-state index contributed by atoms with van der Waals surface area (Å²) in [5.41, 5.74) is 0.532. The SMILES string of the molecule is CCOC(=O)C[n+]1cc(=O)c2cc(Br)ccc2[nH]1. The molecular weight excluding hydrogens is 300 g/mol. The Morgan fingerprint density at radius 1 is 1.50 bits per heavy atom. The number of nitrogens with zero attached hydrogens (tertiary/aromatic N) is 1. The molecule has 2 rings (SSSR count). The zero-order valence-corrected chi connectivity index (χ0v) is 11.4. The summed E-state index contributed by atoms with van der Waals surface area (Å²) in [6.07, 6.45) is 1.35. The van der Waals surface area contributed by atoms with Gasteiger partial charge in [0.05, 0.1) is 12.0 Å². The van der Waals surface area contributed by atoms with Crippen LogP contribution in [0.4, 0.5) is 0 Å². The number of esters is 1. The predicted octanol–water partition coefficient (Wildman–Crippen LogP) is 1.14. The fourth-order valence-electron chi connectivity index (χ4n) is 1.65. The van der Waals surface area contributed by atoms with Crippen LogP contribution < -0.4 is 10.1 Å². The Kier molecular flexibility index (Phi) is 3.76. The second-order valence-electron chi connectivity index (χ2n) is 3.73. The first kappa shape index (κ1) is 12.8. The molecule has 0 bridgehead atoms. The zero-order chi connectivity index (χ0) is 13.1. The van der Waals surface area contributed by atoms with Crippen molar-refractivity contribution < 1.29 is 14.2 Å². The Bertz CT molecular complexity index is 651. The van der Waals surface area contributed by atoms with Gasteiger partial charge in [-0.1, -0.05) is 15.9 Å². The minimum absolute atomic E-state index is 0.00488. The minimum atomic E-state index is -0.380. The molecule has 1 aromatic carbocycles. The Labute approximate surface area is 111 Å². The molecule has 0 saturated carbocycles. The van der Waals surface area contributed by atoms with Crippen molar-refractivity contribution in [2.75, 3.05) is 6.61 Å². The Morgan fingerprint density at radius 2 is 2.28 bits per heavy atom. The van der Waals surface area contributed by atoms with Crippen LogP contribution in [0.2, 0.25) is 0 Å². The molecule has 0 aliphatic heterocycles. The number of hydrogen-bond acceptors (Lipinski definition) is 3. The van der Waals surface area contributed by atoms with Crippen LogP contribution in [0.3, 0.4) is 0 Å². The van der Waals surface area contributed by atoms with Gasteiger partial charge in [0.25, 0.3) is 12.0 Å². The number of H-pyrrole nitrogens is 1. The van der Waals surface area contributed by atoms with E-state index < -0.39 is 0 Å². The molecule has 6 heteroatoms. The van der Waals surface area contributed by atoms with Crippen LogP contribution in [0.25, 0.3) is 10.9 Å². The topological polar surface area (TPSA) is 63.0 Å². The van der Waals surface area contributed by atoms with Crippen molar-refractivity contribution in [2.24, 2.45) is 0 Å². The first-order valence-electron chi connectivity index (χ1n) is 5.48. The summed E-state index contributed by atoms with van der Waals surface area (Å²) in [6.45, 7) is 2.06. The second kappa shape index (κ2) is 5.30. The van der Waals surface area contributed by atoms with Gasteiger partial charge in [0.2, 0.25) is 6.20 Å². The van der Waals surface area contributed by atoms with Gasteiger partial charge in [-0.2, -0.15) is 5.10 Å². The van der Waals surface area contributed by atoms with E-state index in [2.05, 4.69) is 21.0 Å². The van der Waals surface area contributed by atoms with Crippen molar-refractivity contribution in [3.8, 4) is 0 Å². The molecule has 1 heterocycles.